The normalized spacial score (nSPS) is 10.8. The summed E-state index contributed by atoms with van der Waals surface area (Å²) in [4.78, 5) is 1.98. The fraction of sp³-hybridized carbons (Fsp3) is 0.333. The molecule has 3 nitrogen and oxygen atoms in total. The minimum Gasteiger partial charge on any atom is -0.372 e. The van der Waals surface area contributed by atoms with E-state index < -0.39 is 0 Å². The first-order valence-electron chi connectivity index (χ1n) is 7.03. The van der Waals surface area contributed by atoms with Crippen molar-refractivity contribution in [1.82, 2.24) is 4.90 Å². The van der Waals surface area contributed by atoms with Crippen LogP contribution in [0.1, 0.15) is 30.9 Å². The van der Waals surface area contributed by atoms with Gasteiger partial charge in [-0.1, -0.05) is 38.1 Å². The van der Waals surface area contributed by atoms with Crippen molar-refractivity contribution in [3.8, 4) is 12.1 Å². The Morgan fingerprint density at radius 3 is 2.23 bits per heavy atom. The van der Waals surface area contributed by atoms with Crippen molar-refractivity contribution in [2.24, 2.45) is 0 Å². The molecule has 1 aromatic carbocycles. The summed E-state index contributed by atoms with van der Waals surface area (Å²) in [7, 11) is 3.90. The third-order valence-electron chi connectivity index (χ3n) is 3.28. The Morgan fingerprint density at radius 1 is 1.18 bits per heavy atom. The predicted molar refractivity (Wildman–Crippen MR) is 94.0 cm³/mol. The van der Waals surface area contributed by atoms with Crippen LogP contribution in [0.4, 0.5) is 0 Å². The van der Waals surface area contributed by atoms with Gasteiger partial charge in [0, 0.05) is 19.7 Å². The molecule has 0 N–H and O–H groups in total. The van der Waals surface area contributed by atoms with Crippen LogP contribution in [0.15, 0.2) is 40.9 Å². The van der Waals surface area contributed by atoms with Crippen molar-refractivity contribution < 1.29 is 0 Å². The van der Waals surface area contributed by atoms with Crippen LogP contribution < -0.4 is 0 Å². The number of nitrogens with zero attached hydrogens (tertiary/aromatic N) is 3. The molecule has 0 unspecified atom stereocenters. The summed E-state index contributed by atoms with van der Waals surface area (Å²) in [5.41, 5.74) is 2.91. The van der Waals surface area contributed by atoms with Crippen LogP contribution in [0.25, 0.3) is 5.57 Å². The molecule has 1 rings (SSSR count). The Labute approximate surface area is 137 Å². The van der Waals surface area contributed by atoms with Crippen molar-refractivity contribution in [3.63, 3.8) is 0 Å². The molecule has 0 aliphatic carbocycles. The van der Waals surface area contributed by atoms with E-state index in [0.29, 0.717) is 11.5 Å². The molecule has 0 atom stereocenters. The molecule has 0 saturated carbocycles. The summed E-state index contributed by atoms with van der Waals surface area (Å²) in [6.07, 6.45) is 3.91. The molecule has 1 aromatic rings. The molecule has 0 bridgehead atoms. The van der Waals surface area contributed by atoms with Gasteiger partial charge in [-0.25, -0.2) is 0 Å². The van der Waals surface area contributed by atoms with Crippen LogP contribution >= 0.6 is 11.8 Å². The van der Waals surface area contributed by atoms with Gasteiger partial charge in [-0.05, 0) is 29.4 Å². The van der Waals surface area contributed by atoms with E-state index >= 15 is 0 Å². The molecule has 114 valence electrons. The smallest absolute Gasteiger partial charge is 0.137 e. The Balaban J connectivity index is 3.67. The third-order valence-corrected chi connectivity index (χ3v) is 4.18. The highest BCUT2D eigenvalue weighted by atomic mass is 32.2. The maximum Gasteiger partial charge on any atom is 0.137 e. The fourth-order valence-electron chi connectivity index (χ4n) is 2.17. The Hall–Kier alpha value is -2.17. The largest absolute Gasteiger partial charge is 0.372 e. The van der Waals surface area contributed by atoms with Crippen LogP contribution in [0.3, 0.4) is 0 Å². The molecule has 0 fully saturated rings. The zero-order valence-corrected chi connectivity index (χ0v) is 14.5. The number of hydrogen-bond acceptors (Lipinski definition) is 4. The van der Waals surface area contributed by atoms with Gasteiger partial charge < -0.3 is 4.90 Å². The van der Waals surface area contributed by atoms with E-state index in [-0.39, 0.29) is 5.57 Å². The van der Waals surface area contributed by atoms with E-state index in [1.54, 1.807) is 11.8 Å². The van der Waals surface area contributed by atoms with Gasteiger partial charge in [0.2, 0.25) is 0 Å². The molecule has 0 aromatic heterocycles. The average Bonchev–Trinajstić information content (AvgIpc) is 2.51. The lowest BCUT2D eigenvalue weighted by Gasteiger charge is -2.18. The molecule has 4 heteroatoms. The van der Waals surface area contributed by atoms with Crippen LogP contribution in [-0.4, -0.2) is 25.3 Å². The van der Waals surface area contributed by atoms with Crippen molar-refractivity contribution in [2.45, 2.75) is 19.8 Å². The number of benzene rings is 1. The Bertz CT molecular complexity index is 654. The lowest BCUT2D eigenvalue weighted by atomic mass is 9.90. The number of thioether (sulfide) groups is 1. The van der Waals surface area contributed by atoms with Gasteiger partial charge in [0.1, 0.15) is 17.7 Å². The summed E-state index contributed by atoms with van der Waals surface area (Å²) in [5.74, 6) is 0.315. The summed E-state index contributed by atoms with van der Waals surface area (Å²) < 4.78 is 0. The Kier molecular flexibility index (Phi) is 6.76. The van der Waals surface area contributed by atoms with E-state index in [2.05, 4.69) is 19.9 Å². The average molecular weight is 311 g/mol. The van der Waals surface area contributed by atoms with Gasteiger partial charge in [0.05, 0.1) is 5.03 Å². The van der Waals surface area contributed by atoms with Gasteiger partial charge in [0.15, 0.2) is 0 Å². The molecular formula is C18H21N3S. The summed E-state index contributed by atoms with van der Waals surface area (Å²) >= 11 is 1.59. The van der Waals surface area contributed by atoms with E-state index in [0.717, 1.165) is 16.2 Å². The molecule has 0 radical (unpaired) electrons. The van der Waals surface area contributed by atoms with Crippen LogP contribution in [0, 0.1) is 22.7 Å². The van der Waals surface area contributed by atoms with Crippen molar-refractivity contribution in [2.75, 3.05) is 20.4 Å². The molecule has 0 amide bonds. The van der Waals surface area contributed by atoms with Crippen LogP contribution in [0.5, 0.6) is 0 Å². The summed E-state index contributed by atoms with van der Waals surface area (Å²) in [6.45, 7) is 4.22. The highest BCUT2D eigenvalue weighted by molar-refractivity contribution is 8.02. The molecule has 0 aliphatic heterocycles. The number of nitriles is 2. The van der Waals surface area contributed by atoms with E-state index in [1.807, 2.05) is 61.7 Å². The summed E-state index contributed by atoms with van der Waals surface area (Å²) in [6, 6.07) is 12.0. The quantitative estimate of drug-likeness (QED) is 0.598. The van der Waals surface area contributed by atoms with Crippen molar-refractivity contribution in [3.05, 3.63) is 52.1 Å². The highest BCUT2D eigenvalue weighted by Crippen LogP contribution is 2.31. The first-order valence-corrected chi connectivity index (χ1v) is 8.25. The molecule has 0 aliphatic rings. The Morgan fingerprint density at radius 2 is 1.77 bits per heavy atom. The second kappa shape index (κ2) is 8.32. The van der Waals surface area contributed by atoms with Gasteiger partial charge in [0.25, 0.3) is 0 Å². The monoisotopic (exact) mass is 311 g/mol. The lowest BCUT2D eigenvalue weighted by molar-refractivity contribution is 0.551. The topological polar surface area (TPSA) is 50.8 Å². The second-order valence-corrected chi connectivity index (χ2v) is 6.16. The minimum atomic E-state index is 0.140. The van der Waals surface area contributed by atoms with Crippen LogP contribution in [0.2, 0.25) is 0 Å². The van der Waals surface area contributed by atoms with E-state index in [1.165, 1.54) is 0 Å². The first-order chi connectivity index (χ1) is 10.5. The number of allylic oxidation sites excluding steroid dienone is 3. The molecule has 0 heterocycles. The molecule has 0 saturated heterocycles. The number of rotatable bonds is 5. The second-order valence-electron chi connectivity index (χ2n) is 5.34. The number of hydrogen-bond donors (Lipinski definition) is 0. The standard InChI is InChI=1S/C18H21N3S/c1-13(2)15-8-6-7-9-16(15)17(14(11-19)12-20)10-18(22-5)21(3)4/h6-10,13H,1-5H3. The van der Waals surface area contributed by atoms with Crippen molar-refractivity contribution >= 4 is 17.3 Å². The first kappa shape index (κ1) is 17.9. The van der Waals surface area contributed by atoms with Crippen molar-refractivity contribution in [1.29, 1.82) is 10.5 Å². The van der Waals surface area contributed by atoms with Gasteiger partial charge in [-0.2, -0.15) is 10.5 Å². The fourth-order valence-corrected chi connectivity index (χ4v) is 2.77. The zero-order valence-electron chi connectivity index (χ0n) is 13.7. The van der Waals surface area contributed by atoms with E-state index in [9.17, 15) is 10.5 Å². The van der Waals surface area contributed by atoms with E-state index in [4.69, 9.17) is 0 Å². The minimum absolute atomic E-state index is 0.140. The highest BCUT2D eigenvalue weighted by Gasteiger charge is 2.14. The van der Waals surface area contributed by atoms with Gasteiger partial charge in [-0.3, -0.25) is 0 Å². The molecule has 0 spiro atoms. The van der Waals surface area contributed by atoms with Gasteiger partial charge >= 0.3 is 0 Å². The third kappa shape index (κ3) is 4.16. The maximum absolute atomic E-state index is 9.33. The SMILES string of the molecule is CSC(=CC(=C(C#N)C#N)c1ccccc1C(C)C)N(C)C. The molecular weight excluding hydrogens is 290 g/mol. The van der Waals surface area contributed by atoms with Gasteiger partial charge in [-0.15, -0.1) is 11.8 Å². The predicted octanol–water partition coefficient (Wildman–Crippen LogP) is 4.38. The zero-order chi connectivity index (χ0) is 16.7. The molecule has 22 heavy (non-hydrogen) atoms. The summed E-state index contributed by atoms with van der Waals surface area (Å²) in [5, 5.41) is 19.7. The van der Waals surface area contributed by atoms with Crippen LogP contribution in [-0.2, 0) is 0 Å². The maximum atomic E-state index is 9.33. The lowest BCUT2D eigenvalue weighted by Crippen LogP contribution is -2.09.